The second-order valence-corrected chi connectivity index (χ2v) is 11.8. The lowest BCUT2D eigenvalue weighted by atomic mass is 9.97. The Labute approximate surface area is 289 Å². The summed E-state index contributed by atoms with van der Waals surface area (Å²) in [7, 11) is 0. The van der Waals surface area contributed by atoms with E-state index in [0.29, 0.717) is 85.7 Å². The molecule has 0 bridgehead atoms. The Bertz CT molecular complexity index is 1770. The van der Waals surface area contributed by atoms with Crippen LogP contribution in [0.2, 0.25) is 0 Å². The summed E-state index contributed by atoms with van der Waals surface area (Å²) in [5, 5.41) is 3.10. The van der Waals surface area contributed by atoms with E-state index in [1.165, 1.54) is 18.5 Å². The van der Waals surface area contributed by atoms with Gasteiger partial charge in [0, 0.05) is 36.8 Å². The minimum Gasteiger partial charge on any atom is -0.476 e. The van der Waals surface area contributed by atoms with E-state index in [0.717, 1.165) is 17.8 Å². The zero-order valence-electron chi connectivity index (χ0n) is 28.3. The summed E-state index contributed by atoms with van der Waals surface area (Å²) in [5.41, 5.74) is 9.25. The zero-order chi connectivity index (χ0) is 35.8. The Morgan fingerprint density at radius 3 is 2.16 bits per heavy atom. The molecule has 0 atom stereocenters. The molecule has 50 heavy (non-hydrogen) atoms. The topological polar surface area (TPSA) is 123 Å². The van der Waals surface area contributed by atoms with E-state index in [1.807, 2.05) is 26.8 Å². The van der Waals surface area contributed by atoms with E-state index in [-0.39, 0.29) is 29.6 Å². The number of carbonyl (C=O) groups excluding carboxylic acids is 2. The molecule has 1 saturated heterocycles. The third kappa shape index (κ3) is 8.10. The Balaban J connectivity index is 1.26. The van der Waals surface area contributed by atoms with Crippen molar-refractivity contribution in [2.75, 3.05) is 48.4 Å². The SMILES string of the molecule is CCCN(C(=O)c1ccc(N2CCC(NC(=O)c3ccccc3-c3ccc(C(F)(F)F)cc3)CC2)c(N)c1)c1c(OCC)ncnc1OCC. The average molecular weight is 691 g/mol. The monoisotopic (exact) mass is 690 g/mol. The highest BCUT2D eigenvalue weighted by Crippen LogP contribution is 2.37. The number of hydrogen-bond donors (Lipinski definition) is 2. The predicted octanol–water partition coefficient (Wildman–Crippen LogP) is 7.00. The summed E-state index contributed by atoms with van der Waals surface area (Å²) in [6.07, 6.45) is -1.14. The number of nitrogens with one attached hydrogen (secondary N) is 1. The van der Waals surface area contributed by atoms with Crippen molar-refractivity contribution in [3.63, 3.8) is 0 Å². The number of benzene rings is 3. The molecule has 0 saturated carbocycles. The van der Waals surface area contributed by atoms with Crippen molar-refractivity contribution in [3.05, 3.63) is 89.7 Å². The fourth-order valence-electron chi connectivity index (χ4n) is 6.03. The number of carbonyl (C=O) groups is 2. The first-order valence-corrected chi connectivity index (χ1v) is 16.7. The summed E-state index contributed by atoms with van der Waals surface area (Å²) in [6, 6.07) is 16.8. The summed E-state index contributed by atoms with van der Waals surface area (Å²) in [4.78, 5) is 39.5. The molecule has 1 fully saturated rings. The smallest absolute Gasteiger partial charge is 0.416 e. The normalized spacial score (nSPS) is 13.5. The number of rotatable bonds is 12. The van der Waals surface area contributed by atoms with Gasteiger partial charge in [0.15, 0.2) is 5.69 Å². The largest absolute Gasteiger partial charge is 0.476 e. The van der Waals surface area contributed by atoms with E-state index in [4.69, 9.17) is 15.2 Å². The molecule has 1 aromatic heterocycles. The van der Waals surface area contributed by atoms with Crippen molar-refractivity contribution in [3.8, 4) is 22.9 Å². The Hall–Kier alpha value is -5.33. The second kappa shape index (κ2) is 15.9. The molecular formula is C37H41F3N6O4. The molecule has 0 aliphatic carbocycles. The summed E-state index contributed by atoms with van der Waals surface area (Å²) in [6.45, 7) is 7.93. The highest BCUT2D eigenvalue weighted by atomic mass is 19.4. The average Bonchev–Trinajstić information content (AvgIpc) is 3.11. The van der Waals surface area contributed by atoms with Crippen LogP contribution in [0.15, 0.2) is 73.1 Å². The van der Waals surface area contributed by atoms with Gasteiger partial charge in [-0.2, -0.15) is 23.1 Å². The molecular weight excluding hydrogens is 649 g/mol. The first-order valence-electron chi connectivity index (χ1n) is 16.7. The number of nitrogen functional groups attached to an aromatic ring is 1. The van der Waals surface area contributed by atoms with Crippen molar-refractivity contribution in [1.82, 2.24) is 15.3 Å². The van der Waals surface area contributed by atoms with Crippen LogP contribution in [0.25, 0.3) is 11.1 Å². The first kappa shape index (κ1) is 36.0. The lowest BCUT2D eigenvalue weighted by Gasteiger charge is -2.35. The number of aromatic nitrogens is 2. The molecule has 0 spiro atoms. The number of nitrogens with two attached hydrogens (primary N) is 1. The van der Waals surface area contributed by atoms with Crippen molar-refractivity contribution in [1.29, 1.82) is 0 Å². The Morgan fingerprint density at radius 1 is 0.940 bits per heavy atom. The van der Waals surface area contributed by atoms with Crippen LogP contribution in [0.4, 0.5) is 30.2 Å². The summed E-state index contributed by atoms with van der Waals surface area (Å²) < 4.78 is 50.7. The van der Waals surface area contributed by atoms with Crippen LogP contribution in [-0.2, 0) is 6.18 Å². The van der Waals surface area contributed by atoms with Gasteiger partial charge in [-0.15, -0.1) is 0 Å². The van der Waals surface area contributed by atoms with E-state index in [2.05, 4.69) is 20.2 Å². The number of anilines is 3. The number of hydrogen-bond acceptors (Lipinski definition) is 8. The number of amides is 2. The van der Waals surface area contributed by atoms with Gasteiger partial charge in [0.1, 0.15) is 6.33 Å². The number of nitrogens with zero attached hydrogens (tertiary/aromatic N) is 4. The maximum Gasteiger partial charge on any atom is 0.416 e. The number of ether oxygens (including phenoxy) is 2. The van der Waals surface area contributed by atoms with E-state index >= 15 is 0 Å². The molecule has 10 nitrogen and oxygen atoms in total. The molecule has 264 valence electrons. The van der Waals surface area contributed by atoms with Crippen LogP contribution >= 0.6 is 0 Å². The standard InChI is InChI=1S/C37H41F3N6O4/c1-4-19-46(32-34(49-5-2)42-23-43-35(32)50-6-3)36(48)25-13-16-31(30(41)22-25)45-20-17-27(18-21-45)44-33(47)29-10-8-7-9-28(29)24-11-14-26(15-12-24)37(38,39)40/h7-16,22-23,27H,4-6,17-21,41H2,1-3H3,(H,44,47). The third-order valence-corrected chi connectivity index (χ3v) is 8.42. The van der Waals surface area contributed by atoms with Crippen LogP contribution in [0, 0.1) is 0 Å². The number of halogens is 3. The zero-order valence-corrected chi connectivity index (χ0v) is 28.3. The number of piperidine rings is 1. The summed E-state index contributed by atoms with van der Waals surface area (Å²) in [5.74, 6) is -0.0627. The fourth-order valence-corrected chi connectivity index (χ4v) is 6.03. The highest BCUT2D eigenvalue weighted by Gasteiger charge is 2.31. The van der Waals surface area contributed by atoms with Gasteiger partial charge < -0.3 is 25.4 Å². The third-order valence-electron chi connectivity index (χ3n) is 8.42. The van der Waals surface area contributed by atoms with Gasteiger partial charge in [0.25, 0.3) is 11.8 Å². The lowest BCUT2D eigenvalue weighted by molar-refractivity contribution is -0.137. The van der Waals surface area contributed by atoms with Crippen LogP contribution in [-0.4, -0.2) is 60.7 Å². The van der Waals surface area contributed by atoms with Gasteiger partial charge in [0.2, 0.25) is 11.8 Å². The van der Waals surface area contributed by atoms with E-state index in [9.17, 15) is 22.8 Å². The maximum atomic E-state index is 13.9. The predicted molar refractivity (Wildman–Crippen MR) is 187 cm³/mol. The molecule has 3 aromatic carbocycles. The quantitative estimate of drug-likeness (QED) is 0.153. The molecule has 5 rings (SSSR count). The van der Waals surface area contributed by atoms with Crippen molar-refractivity contribution in [2.45, 2.75) is 52.3 Å². The summed E-state index contributed by atoms with van der Waals surface area (Å²) >= 11 is 0. The van der Waals surface area contributed by atoms with Crippen LogP contribution in [0.1, 0.15) is 66.3 Å². The molecule has 0 radical (unpaired) electrons. The van der Waals surface area contributed by atoms with E-state index in [1.54, 1.807) is 41.3 Å². The molecule has 4 aromatic rings. The van der Waals surface area contributed by atoms with Gasteiger partial charge >= 0.3 is 6.18 Å². The molecule has 2 heterocycles. The minimum atomic E-state index is -4.44. The fraction of sp³-hybridized carbons (Fsp3) is 0.351. The van der Waals surface area contributed by atoms with Crippen molar-refractivity contribution >= 4 is 28.9 Å². The van der Waals surface area contributed by atoms with Gasteiger partial charge in [-0.3, -0.25) is 14.5 Å². The molecule has 3 N–H and O–H groups in total. The van der Waals surface area contributed by atoms with Gasteiger partial charge in [-0.25, -0.2) is 0 Å². The van der Waals surface area contributed by atoms with Crippen LogP contribution in [0.3, 0.4) is 0 Å². The number of alkyl halides is 3. The highest BCUT2D eigenvalue weighted by molar-refractivity contribution is 6.08. The maximum absolute atomic E-state index is 13.9. The second-order valence-electron chi connectivity index (χ2n) is 11.8. The van der Waals surface area contributed by atoms with Crippen molar-refractivity contribution < 1.29 is 32.2 Å². The first-order chi connectivity index (χ1) is 24.0. The lowest BCUT2D eigenvalue weighted by Crippen LogP contribution is -2.45. The Kier molecular flexibility index (Phi) is 11.5. The minimum absolute atomic E-state index is 0.115. The van der Waals surface area contributed by atoms with Crippen molar-refractivity contribution in [2.24, 2.45) is 0 Å². The molecule has 1 aliphatic rings. The Morgan fingerprint density at radius 2 is 1.58 bits per heavy atom. The molecule has 1 aliphatic heterocycles. The van der Waals surface area contributed by atoms with Gasteiger partial charge in [0.05, 0.1) is 30.2 Å². The van der Waals surface area contributed by atoms with Gasteiger partial charge in [-0.05, 0) is 80.6 Å². The van der Waals surface area contributed by atoms with Crippen LogP contribution in [0.5, 0.6) is 11.8 Å². The molecule has 0 unspecified atom stereocenters. The molecule has 13 heteroatoms. The van der Waals surface area contributed by atoms with Crippen LogP contribution < -0.4 is 30.3 Å². The van der Waals surface area contributed by atoms with Gasteiger partial charge in [-0.1, -0.05) is 37.3 Å². The molecule has 2 amide bonds. The van der Waals surface area contributed by atoms with E-state index < -0.39 is 11.7 Å².